The third kappa shape index (κ3) is 2.74. The van der Waals surface area contributed by atoms with Crippen molar-refractivity contribution >= 4 is 16.6 Å². The second-order valence-corrected chi connectivity index (χ2v) is 6.82. The number of fused-ring (bicyclic) bond motifs is 1. The van der Waals surface area contributed by atoms with Crippen LogP contribution in [-0.2, 0) is 7.05 Å². The van der Waals surface area contributed by atoms with E-state index in [1.165, 1.54) is 35.9 Å². The van der Waals surface area contributed by atoms with Crippen molar-refractivity contribution in [3.8, 4) is 0 Å². The minimum Gasteiger partial charge on any atom is -0.369 e. The average molecular weight is 312 g/mol. The summed E-state index contributed by atoms with van der Waals surface area (Å²) in [4.78, 5) is 21.6. The number of piperazine rings is 1. The quantitative estimate of drug-likeness (QED) is 0.850. The molecule has 1 aromatic carbocycles. The SMILES string of the molecule is Cn1cnc2cc(N3CCN(C4CCCC4)CC3)ccc2c1=O. The monoisotopic (exact) mass is 312 g/mol. The largest absolute Gasteiger partial charge is 0.369 e. The van der Waals surface area contributed by atoms with Crippen molar-refractivity contribution in [2.24, 2.45) is 7.05 Å². The summed E-state index contributed by atoms with van der Waals surface area (Å²) in [7, 11) is 1.74. The van der Waals surface area contributed by atoms with Crippen molar-refractivity contribution in [1.29, 1.82) is 0 Å². The fourth-order valence-electron chi connectivity index (χ4n) is 4.01. The molecule has 0 atom stereocenters. The van der Waals surface area contributed by atoms with E-state index < -0.39 is 0 Å². The van der Waals surface area contributed by atoms with E-state index in [1.54, 1.807) is 13.4 Å². The van der Waals surface area contributed by atoms with Gasteiger partial charge in [-0.3, -0.25) is 9.69 Å². The zero-order valence-corrected chi connectivity index (χ0v) is 13.7. The minimum atomic E-state index is 0.0209. The van der Waals surface area contributed by atoms with Crippen LogP contribution in [0.1, 0.15) is 25.7 Å². The first-order valence-corrected chi connectivity index (χ1v) is 8.67. The summed E-state index contributed by atoms with van der Waals surface area (Å²) in [5.41, 5.74) is 2.00. The van der Waals surface area contributed by atoms with Crippen LogP contribution in [0.3, 0.4) is 0 Å². The number of hydrogen-bond acceptors (Lipinski definition) is 4. The van der Waals surface area contributed by atoms with Gasteiger partial charge in [0.2, 0.25) is 0 Å². The first kappa shape index (κ1) is 14.7. The number of anilines is 1. The van der Waals surface area contributed by atoms with E-state index in [0.717, 1.165) is 37.7 Å². The number of aromatic nitrogens is 2. The Labute approximate surface area is 136 Å². The Morgan fingerprint density at radius 3 is 2.57 bits per heavy atom. The second-order valence-electron chi connectivity index (χ2n) is 6.82. The Bertz CT molecular complexity index is 755. The van der Waals surface area contributed by atoms with Gasteiger partial charge < -0.3 is 9.47 Å². The summed E-state index contributed by atoms with van der Waals surface area (Å²) in [5.74, 6) is 0. The Balaban J connectivity index is 1.51. The molecular weight excluding hydrogens is 288 g/mol. The molecule has 2 aromatic rings. The zero-order chi connectivity index (χ0) is 15.8. The van der Waals surface area contributed by atoms with Gasteiger partial charge in [0.15, 0.2) is 0 Å². The highest BCUT2D eigenvalue weighted by Gasteiger charge is 2.26. The van der Waals surface area contributed by atoms with Gasteiger partial charge in [-0.25, -0.2) is 4.98 Å². The van der Waals surface area contributed by atoms with Gasteiger partial charge in [-0.15, -0.1) is 0 Å². The maximum atomic E-state index is 12.1. The highest BCUT2D eigenvalue weighted by molar-refractivity contribution is 5.81. The van der Waals surface area contributed by atoms with Crippen LogP contribution in [0.25, 0.3) is 10.9 Å². The van der Waals surface area contributed by atoms with Gasteiger partial charge in [-0.1, -0.05) is 12.8 Å². The highest BCUT2D eigenvalue weighted by atomic mass is 16.1. The Morgan fingerprint density at radius 1 is 1.09 bits per heavy atom. The van der Waals surface area contributed by atoms with Crippen LogP contribution in [0.4, 0.5) is 5.69 Å². The fraction of sp³-hybridized carbons (Fsp3) is 0.556. The molecular formula is C18H24N4O. The Kier molecular flexibility index (Phi) is 3.81. The molecule has 0 spiro atoms. The van der Waals surface area contributed by atoms with Gasteiger partial charge in [0, 0.05) is 45.0 Å². The van der Waals surface area contributed by atoms with Crippen molar-refractivity contribution in [1.82, 2.24) is 14.5 Å². The molecule has 0 radical (unpaired) electrons. The molecule has 1 aliphatic carbocycles. The molecule has 122 valence electrons. The molecule has 1 saturated heterocycles. The summed E-state index contributed by atoms with van der Waals surface area (Å²) in [6, 6.07) is 6.86. The van der Waals surface area contributed by atoms with E-state index >= 15 is 0 Å². The van der Waals surface area contributed by atoms with E-state index in [9.17, 15) is 4.79 Å². The molecule has 0 unspecified atom stereocenters. The lowest BCUT2D eigenvalue weighted by atomic mass is 10.1. The standard InChI is InChI=1S/C18H24N4O/c1-20-13-19-17-12-15(6-7-16(17)18(20)23)22-10-8-21(9-11-22)14-4-2-3-5-14/h6-7,12-14H,2-5,8-11H2,1H3. The molecule has 5 nitrogen and oxygen atoms in total. The van der Waals surface area contributed by atoms with Crippen molar-refractivity contribution in [2.75, 3.05) is 31.1 Å². The molecule has 4 rings (SSSR count). The van der Waals surface area contributed by atoms with Gasteiger partial charge in [0.25, 0.3) is 5.56 Å². The molecule has 1 saturated carbocycles. The van der Waals surface area contributed by atoms with Gasteiger partial charge in [0.1, 0.15) is 0 Å². The fourth-order valence-corrected chi connectivity index (χ4v) is 4.01. The van der Waals surface area contributed by atoms with E-state index in [-0.39, 0.29) is 5.56 Å². The number of benzene rings is 1. The highest BCUT2D eigenvalue weighted by Crippen LogP contribution is 2.26. The second kappa shape index (κ2) is 5.96. The van der Waals surface area contributed by atoms with Crippen LogP contribution in [0, 0.1) is 0 Å². The van der Waals surface area contributed by atoms with Crippen LogP contribution in [0.5, 0.6) is 0 Å². The predicted molar refractivity (Wildman–Crippen MR) is 93.0 cm³/mol. The van der Waals surface area contributed by atoms with Crippen molar-refractivity contribution in [2.45, 2.75) is 31.7 Å². The van der Waals surface area contributed by atoms with Crippen LogP contribution in [0.15, 0.2) is 29.3 Å². The summed E-state index contributed by atoms with van der Waals surface area (Å²) < 4.78 is 1.53. The summed E-state index contributed by atoms with van der Waals surface area (Å²) in [5, 5.41) is 0.698. The van der Waals surface area contributed by atoms with E-state index in [4.69, 9.17) is 0 Å². The first-order chi connectivity index (χ1) is 11.2. The molecule has 23 heavy (non-hydrogen) atoms. The molecule has 0 bridgehead atoms. The van der Waals surface area contributed by atoms with Gasteiger partial charge >= 0.3 is 0 Å². The summed E-state index contributed by atoms with van der Waals surface area (Å²) in [6.07, 6.45) is 7.16. The van der Waals surface area contributed by atoms with Gasteiger partial charge in [-0.2, -0.15) is 0 Å². The predicted octanol–water partition coefficient (Wildman–Crippen LogP) is 2.00. The lowest BCUT2D eigenvalue weighted by Crippen LogP contribution is -2.49. The van der Waals surface area contributed by atoms with Crippen LogP contribution in [0.2, 0.25) is 0 Å². The van der Waals surface area contributed by atoms with Crippen LogP contribution < -0.4 is 10.5 Å². The maximum absolute atomic E-state index is 12.1. The molecule has 2 fully saturated rings. The third-order valence-electron chi connectivity index (χ3n) is 5.42. The molecule has 5 heteroatoms. The first-order valence-electron chi connectivity index (χ1n) is 8.67. The lowest BCUT2D eigenvalue weighted by molar-refractivity contribution is 0.187. The molecule has 2 heterocycles. The molecule has 2 aliphatic rings. The number of rotatable bonds is 2. The zero-order valence-electron chi connectivity index (χ0n) is 13.7. The Morgan fingerprint density at radius 2 is 1.83 bits per heavy atom. The molecule has 1 aromatic heterocycles. The smallest absolute Gasteiger partial charge is 0.260 e. The molecule has 0 N–H and O–H groups in total. The van der Waals surface area contributed by atoms with Gasteiger partial charge in [0.05, 0.1) is 17.2 Å². The van der Waals surface area contributed by atoms with E-state index in [1.807, 2.05) is 6.07 Å². The molecule has 0 amide bonds. The van der Waals surface area contributed by atoms with E-state index in [2.05, 4.69) is 26.9 Å². The lowest BCUT2D eigenvalue weighted by Gasteiger charge is -2.39. The van der Waals surface area contributed by atoms with Gasteiger partial charge in [-0.05, 0) is 31.0 Å². The summed E-state index contributed by atoms with van der Waals surface area (Å²) >= 11 is 0. The molecule has 1 aliphatic heterocycles. The normalized spacial score (nSPS) is 20.5. The van der Waals surface area contributed by atoms with Crippen molar-refractivity contribution in [3.63, 3.8) is 0 Å². The average Bonchev–Trinajstić information content (AvgIpc) is 3.13. The third-order valence-corrected chi connectivity index (χ3v) is 5.42. The van der Waals surface area contributed by atoms with Crippen LogP contribution >= 0.6 is 0 Å². The Hall–Kier alpha value is -1.88. The van der Waals surface area contributed by atoms with Crippen LogP contribution in [-0.4, -0.2) is 46.7 Å². The topological polar surface area (TPSA) is 41.4 Å². The maximum Gasteiger partial charge on any atom is 0.260 e. The number of nitrogens with zero attached hydrogens (tertiary/aromatic N) is 4. The van der Waals surface area contributed by atoms with Crippen molar-refractivity contribution < 1.29 is 0 Å². The summed E-state index contributed by atoms with van der Waals surface area (Å²) in [6.45, 7) is 4.42. The number of aryl methyl sites for hydroxylation is 1. The van der Waals surface area contributed by atoms with E-state index in [0.29, 0.717) is 5.39 Å². The minimum absolute atomic E-state index is 0.0209. The van der Waals surface area contributed by atoms with Crippen molar-refractivity contribution in [3.05, 3.63) is 34.9 Å². The number of hydrogen-bond donors (Lipinski definition) is 0.